The van der Waals surface area contributed by atoms with Crippen LogP contribution in [-0.4, -0.2) is 23.9 Å². The lowest BCUT2D eigenvalue weighted by Gasteiger charge is -2.38. The van der Waals surface area contributed by atoms with Gasteiger partial charge in [0.15, 0.2) is 0 Å². The van der Waals surface area contributed by atoms with Crippen LogP contribution in [0.1, 0.15) is 47.0 Å². The summed E-state index contributed by atoms with van der Waals surface area (Å²) in [7, 11) is 1.95. The fourth-order valence-electron chi connectivity index (χ4n) is 1.63. The number of nitrogens with zero attached hydrogens (tertiary/aromatic N) is 1. The summed E-state index contributed by atoms with van der Waals surface area (Å²) >= 11 is 0. The predicted octanol–water partition coefficient (Wildman–Crippen LogP) is 2.68. The van der Waals surface area contributed by atoms with E-state index in [-0.39, 0.29) is 11.3 Å². The Kier molecular flexibility index (Phi) is 3.23. The molecule has 1 unspecified atom stereocenters. The highest BCUT2D eigenvalue weighted by atomic mass is 16.2. The maximum absolute atomic E-state index is 12.0. The summed E-state index contributed by atoms with van der Waals surface area (Å²) in [5.74, 6) is 0.426. The first kappa shape index (κ1) is 11.5. The van der Waals surface area contributed by atoms with Gasteiger partial charge >= 0.3 is 0 Å². The highest BCUT2D eigenvalue weighted by molar-refractivity contribution is 5.79. The van der Waals surface area contributed by atoms with E-state index in [4.69, 9.17) is 0 Å². The zero-order valence-corrected chi connectivity index (χ0v) is 10.1. The highest BCUT2D eigenvalue weighted by Gasteiger charge is 2.33. The number of carbonyl (C=O) groups is 1. The Bertz CT molecular complexity index is 213. The lowest BCUT2D eigenvalue weighted by Crippen LogP contribution is -2.46. The molecule has 1 fully saturated rings. The van der Waals surface area contributed by atoms with Gasteiger partial charge in [0.25, 0.3) is 0 Å². The van der Waals surface area contributed by atoms with E-state index < -0.39 is 0 Å². The molecule has 0 saturated heterocycles. The second-order valence-electron chi connectivity index (χ2n) is 5.62. The van der Waals surface area contributed by atoms with Crippen LogP contribution in [0, 0.1) is 11.3 Å². The minimum absolute atomic E-state index is 0.0785. The average molecular weight is 197 g/mol. The molecule has 1 amide bonds. The summed E-state index contributed by atoms with van der Waals surface area (Å²) in [5, 5.41) is 0. The number of carbonyl (C=O) groups excluding carboxylic acids is 1. The summed E-state index contributed by atoms with van der Waals surface area (Å²) in [6.07, 6.45) is 3.67. The van der Waals surface area contributed by atoms with Crippen LogP contribution in [0.15, 0.2) is 0 Å². The first-order chi connectivity index (χ1) is 6.34. The van der Waals surface area contributed by atoms with Gasteiger partial charge in [-0.25, -0.2) is 0 Å². The monoisotopic (exact) mass is 197 g/mol. The first-order valence-corrected chi connectivity index (χ1v) is 5.60. The van der Waals surface area contributed by atoms with E-state index in [2.05, 4.69) is 20.8 Å². The van der Waals surface area contributed by atoms with Gasteiger partial charge < -0.3 is 4.90 Å². The van der Waals surface area contributed by atoms with Crippen LogP contribution in [0.3, 0.4) is 0 Å². The van der Waals surface area contributed by atoms with E-state index in [9.17, 15) is 4.79 Å². The minimum atomic E-state index is 0.0785. The Hall–Kier alpha value is -0.530. The molecule has 0 aliphatic heterocycles. The van der Waals surface area contributed by atoms with Gasteiger partial charge in [0.1, 0.15) is 0 Å². The fraction of sp³-hybridized carbons (Fsp3) is 0.917. The average Bonchev–Trinajstić information content (AvgIpc) is 1.96. The van der Waals surface area contributed by atoms with Crippen molar-refractivity contribution in [1.82, 2.24) is 4.90 Å². The lowest BCUT2D eigenvalue weighted by atomic mass is 9.80. The van der Waals surface area contributed by atoms with E-state index in [1.807, 2.05) is 18.9 Å². The molecular formula is C12H23NO. The molecule has 0 aromatic rings. The molecule has 0 aromatic heterocycles. The first-order valence-electron chi connectivity index (χ1n) is 5.60. The van der Waals surface area contributed by atoms with Crippen molar-refractivity contribution in [3.63, 3.8) is 0 Å². The molecule has 1 saturated carbocycles. The Morgan fingerprint density at radius 1 is 1.36 bits per heavy atom. The van der Waals surface area contributed by atoms with Gasteiger partial charge in [-0.3, -0.25) is 4.79 Å². The molecule has 0 radical (unpaired) electrons. The lowest BCUT2D eigenvalue weighted by molar-refractivity contribution is -0.140. The standard InChI is InChI=1S/C12H23NO/c1-9(12(2,3)4)11(14)13(5)10-7-6-8-10/h9-10H,6-8H2,1-5H3. The summed E-state index contributed by atoms with van der Waals surface area (Å²) < 4.78 is 0. The minimum Gasteiger partial charge on any atom is -0.343 e. The molecule has 82 valence electrons. The van der Waals surface area contributed by atoms with Crippen LogP contribution in [0.25, 0.3) is 0 Å². The second-order valence-corrected chi connectivity index (χ2v) is 5.62. The molecule has 1 atom stereocenters. The van der Waals surface area contributed by atoms with E-state index in [0.29, 0.717) is 11.9 Å². The van der Waals surface area contributed by atoms with Crippen molar-refractivity contribution in [2.75, 3.05) is 7.05 Å². The molecule has 0 spiro atoms. The van der Waals surface area contributed by atoms with Crippen molar-refractivity contribution < 1.29 is 4.79 Å². The normalized spacial score (nSPS) is 20.1. The smallest absolute Gasteiger partial charge is 0.225 e. The molecular weight excluding hydrogens is 174 g/mol. The molecule has 0 bridgehead atoms. The number of rotatable bonds is 2. The van der Waals surface area contributed by atoms with Gasteiger partial charge in [-0.2, -0.15) is 0 Å². The van der Waals surface area contributed by atoms with E-state index >= 15 is 0 Å². The van der Waals surface area contributed by atoms with E-state index in [0.717, 1.165) is 0 Å². The number of amides is 1. The maximum atomic E-state index is 12.0. The fourth-order valence-corrected chi connectivity index (χ4v) is 1.63. The summed E-state index contributed by atoms with van der Waals surface area (Å²) in [6, 6.07) is 0.521. The molecule has 2 nitrogen and oxygen atoms in total. The number of hydrogen-bond donors (Lipinski definition) is 0. The van der Waals surface area contributed by atoms with E-state index in [1.54, 1.807) is 0 Å². The Morgan fingerprint density at radius 3 is 2.14 bits per heavy atom. The SMILES string of the molecule is CC(C(=O)N(C)C1CCC1)C(C)(C)C. The zero-order valence-electron chi connectivity index (χ0n) is 10.1. The van der Waals surface area contributed by atoms with Crippen molar-refractivity contribution >= 4 is 5.91 Å². The van der Waals surface area contributed by atoms with Gasteiger partial charge in [-0.05, 0) is 24.7 Å². The molecule has 1 aliphatic rings. The number of hydrogen-bond acceptors (Lipinski definition) is 1. The topological polar surface area (TPSA) is 20.3 Å². The quantitative estimate of drug-likeness (QED) is 0.666. The molecule has 0 heterocycles. The van der Waals surface area contributed by atoms with Gasteiger partial charge in [0, 0.05) is 19.0 Å². The molecule has 1 aliphatic carbocycles. The van der Waals surface area contributed by atoms with Crippen LogP contribution < -0.4 is 0 Å². The van der Waals surface area contributed by atoms with Crippen molar-refractivity contribution in [3.8, 4) is 0 Å². The van der Waals surface area contributed by atoms with Crippen LogP contribution in [0.5, 0.6) is 0 Å². The van der Waals surface area contributed by atoms with Crippen molar-refractivity contribution in [3.05, 3.63) is 0 Å². The van der Waals surface area contributed by atoms with Crippen molar-refractivity contribution in [2.24, 2.45) is 11.3 Å². The van der Waals surface area contributed by atoms with Gasteiger partial charge in [-0.1, -0.05) is 27.7 Å². The molecule has 1 rings (SSSR count). The third kappa shape index (κ3) is 2.28. The van der Waals surface area contributed by atoms with Gasteiger partial charge in [-0.15, -0.1) is 0 Å². The highest BCUT2D eigenvalue weighted by Crippen LogP contribution is 2.30. The van der Waals surface area contributed by atoms with Crippen molar-refractivity contribution in [1.29, 1.82) is 0 Å². The van der Waals surface area contributed by atoms with Crippen LogP contribution in [0.4, 0.5) is 0 Å². The predicted molar refractivity (Wildman–Crippen MR) is 59.0 cm³/mol. The maximum Gasteiger partial charge on any atom is 0.225 e. The van der Waals surface area contributed by atoms with Crippen molar-refractivity contribution in [2.45, 2.75) is 53.0 Å². The van der Waals surface area contributed by atoms with Crippen LogP contribution in [-0.2, 0) is 4.79 Å². The molecule has 0 aromatic carbocycles. The Morgan fingerprint density at radius 2 is 1.86 bits per heavy atom. The molecule has 14 heavy (non-hydrogen) atoms. The zero-order chi connectivity index (χ0) is 10.9. The summed E-state index contributed by atoms with van der Waals surface area (Å²) in [5.41, 5.74) is 0.0785. The van der Waals surface area contributed by atoms with Crippen LogP contribution in [0.2, 0.25) is 0 Å². The third-order valence-corrected chi connectivity index (χ3v) is 3.64. The van der Waals surface area contributed by atoms with Gasteiger partial charge in [0.2, 0.25) is 5.91 Å². The second kappa shape index (κ2) is 3.92. The largest absolute Gasteiger partial charge is 0.343 e. The third-order valence-electron chi connectivity index (χ3n) is 3.64. The Labute approximate surface area is 87.7 Å². The van der Waals surface area contributed by atoms with Crippen LogP contribution >= 0.6 is 0 Å². The Balaban J connectivity index is 2.55. The molecule has 0 N–H and O–H groups in total. The van der Waals surface area contributed by atoms with Gasteiger partial charge in [0.05, 0.1) is 0 Å². The molecule has 2 heteroatoms. The summed E-state index contributed by atoms with van der Waals surface area (Å²) in [4.78, 5) is 14.0. The van der Waals surface area contributed by atoms with E-state index in [1.165, 1.54) is 19.3 Å². The summed E-state index contributed by atoms with van der Waals surface area (Å²) in [6.45, 7) is 8.43.